The first-order valence-corrected chi connectivity index (χ1v) is 11.6. The Morgan fingerprint density at radius 3 is 1.34 bits per heavy atom. The maximum absolute atomic E-state index is 2.53. The van der Waals surface area contributed by atoms with E-state index in [1.165, 1.54) is 92.8 Å². The summed E-state index contributed by atoms with van der Waals surface area (Å²) >= 11 is 0. The Labute approximate surface area is 177 Å². The smallest absolute Gasteiger partial charge is 0.0366 e. The molecule has 0 unspecified atom stereocenters. The Bertz CT molecular complexity index is 726. The average molecular weight is 389 g/mol. The molecule has 0 aliphatic carbocycles. The summed E-state index contributed by atoms with van der Waals surface area (Å²) in [5, 5.41) is 0. The van der Waals surface area contributed by atoms with Gasteiger partial charge >= 0.3 is 0 Å². The van der Waals surface area contributed by atoms with Gasteiger partial charge in [0.2, 0.25) is 0 Å². The molecule has 0 spiro atoms. The third-order valence-electron chi connectivity index (χ3n) is 6.30. The predicted octanol–water partition coefficient (Wildman–Crippen LogP) is 6.75. The van der Waals surface area contributed by atoms with Gasteiger partial charge in [0.05, 0.1) is 0 Å². The van der Waals surface area contributed by atoms with Crippen LogP contribution in [-0.4, -0.2) is 26.2 Å². The molecule has 0 radical (unpaired) electrons. The second kappa shape index (κ2) is 9.52. The highest BCUT2D eigenvalue weighted by Crippen LogP contribution is 2.30. The molecule has 0 N–H and O–H groups in total. The molecule has 2 aromatic carbocycles. The number of anilines is 2. The van der Waals surface area contributed by atoms with Crippen molar-refractivity contribution in [3.05, 3.63) is 65.7 Å². The fourth-order valence-electron chi connectivity index (χ4n) is 4.70. The maximum atomic E-state index is 2.53. The minimum atomic E-state index is 0.522. The lowest BCUT2D eigenvalue weighted by Crippen LogP contribution is -2.29. The van der Waals surface area contributed by atoms with E-state index in [1.807, 2.05) is 0 Å². The van der Waals surface area contributed by atoms with Crippen LogP contribution in [-0.2, 0) is 0 Å². The first kappa shape index (κ1) is 20.1. The summed E-state index contributed by atoms with van der Waals surface area (Å²) in [6, 6.07) is 18.5. The van der Waals surface area contributed by atoms with Gasteiger partial charge in [-0.3, -0.25) is 0 Å². The van der Waals surface area contributed by atoms with Gasteiger partial charge in [-0.05, 0) is 85.4 Å². The molecule has 154 valence electrons. The van der Waals surface area contributed by atoms with E-state index in [0.29, 0.717) is 5.92 Å². The molecule has 2 nitrogen and oxygen atoms in total. The number of benzene rings is 2. The number of hydrogen-bond acceptors (Lipinski definition) is 2. The summed E-state index contributed by atoms with van der Waals surface area (Å²) in [5.41, 5.74) is 6.75. The summed E-state index contributed by atoms with van der Waals surface area (Å²) in [6.45, 7) is 9.34. The van der Waals surface area contributed by atoms with Crippen molar-refractivity contribution in [2.75, 3.05) is 36.0 Å². The van der Waals surface area contributed by atoms with Crippen LogP contribution in [0.25, 0.3) is 5.57 Å². The Hall–Kier alpha value is -2.22. The van der Waals surface area contributed by atoms with E-state index in [1.54, 1.807) is 0 Å². The van der Waals surface area contributed by atoms with Crippen molar-refractivity contribution < 1.29 is 0 Å². The Morgan fingerprint density at radius 1 is 0.621 bits per heavy atom. The lowest BCUT2D eigenvalue weighted by atomic mass is 9.94. The zero-order valence-corrected chi connectivity index (χ0v) is 18.2. The summed E-state index contributed by atoms with van der Waals surface area (Å²) in [6.07, 6.45) is 10.5. The first-order valence-electron chi connectivity index (χ1n) is 11.6. The molecule has 0 bridgehead atoms. The molecule has 4 rings (SSSR count). The molecule has 2 aliphatic rings. The van der Waals surface area contributed by atoms with Crippen molar-refractivity contribution in [2.45, 2.75) is 52.4 Å². The molecule has 0 saturated carbocycles. The number of allylic oxidation sites excluding steroid dienone is 1. The molecular formula is C27H36N2. The van der Waals surface area contributed by atoms with E-state index in [2.05, 4.69) is 78.3 Å². The van der Waals surface area contributed by atoms with Crippen molar-refractivity contribution >= 4 is 16.9 Å². The van der Waals surface area contributed by atoms with Crippen molar-refractivity contribution in [1.82, 2.24) is 0 Å². The van der Waals surface area contributed by atoms with Gasteiger partial charge < -0.3 is 9.80 Å². The quantitative estimate of drug-likeness (QED) is 0.558. The van der Waals surface area contributed by atoms with Crippen molar-refractivity contribution in [2.24, 2.45) is 5.92 Å². The van der Waals surface area contributed by atoms with Gasteiger partial charge in [-0.1, -0.05) is 44.2 Å². The zero-order valence-electron chi connectivity index (χ0n) is 18.2. The van der Waals surface area contributed by atoms with E-state index in [0.717, 1.165) is 0 Å². The normalized spacial score (nSPS) is 17.5. The highest BCUT2D eigenvalue weighted by molar-refractivity contribution is 5.81. The molecule has 0 aromatic heterocycles. The lowest BCUT2D eigenvalue weighted by Gasteiger charge is -2.29. The SMILES string of the molecule is CC(C)C=C(c1ccc(N2CCCCC2)cc1)c1ccc(N2CCCCC2)cc1. The lowest BCUT2D eigenvalue weighted by molar-refractivity contribution is 0.578. The Kier molecular flexibility index (Phi) is 6.59. The summed E-state index contributed by atoms with van der Waals surface area (Å²) in [5.74, 6) is 0.522. The van der Waals surface area contributed by atoms with Crippen LogP contribution in [0.3, 0.4) is 0 Å². The zero-order chi connectivity index (χ0) is 20.1. The molecule has 29 heavy (non-hydrogen) atoms. The minimum Gasteiger partial charge on any atom is -0.372 e. The molecule has 2 fully saturated rings. The van der Waals surface area contributed by atoms with Crippen LogP contribution < -0.4 is 9.80 Å². The third kappa shape index (κ3) is 5.04. The van der Waals surface area contributed by atoms with Gasteiger partial charge in [0.15, 0.2) is 0 Å². The topological polar surface area (TPSA) is 6.48 Å². The van der Waals surface area contributed by atoms with E-state index in [4.69, 9.17) is 0 Å². The summed E-state index contributed by atoms with van der Waals surface area (Å²) in [4.78, 5) is 5.07. The van der Waals surface area contributed by atoms with Crippen LogP contribution in [0, 0.1) is 5.92 Å². The molecule has 2 aliphatic heterocycles. The molecular weight excluding hydrogens is 352 g/mol. The molecule has 2 aromatic rings. The third-order valence-corrected chi connectivity index (χ3v) is 6.30. The summed E-state index contributed by atoms with van der Waals surface area (Å²) < 4.78 is 0. The van der Waals surface area contributed by atoms with Crippen LogP contribution >= 0.6 is 0 Å². The minimum absolute atomic E-state index is 0.522. The van der Waals surface area contributed by atoms with Crippen LogP contribution in [0.4, 0.5) is 11.4 Å². The van der Waals surface area contributed by atoms with Gasteiger partial charge in [-0.15, -0.1) is 0 Å². The molecule has 0 atom stereocenters. The average Bonchev–Trinajstić information content (AvgIpc) is 2.79. The number of piperidine rings is 2. The van der Waals surface area contributed by atoms with E-state index in [-0.39, 0.29) is 0 Å². The second-order valence-electron chi connectivity index (χ2n) is 9.01. The Morgan fingerprint density at radius 2 is 1.00 bits per heavy atom. The molecule has 0 amide bonds. The van der Waals surface area contributed by atoms with Gasteiger partial charge in [-0.25, -0.2) is 0 Å². The van der Waals surface area contributed by atoms with Gasteiger partial charge in [0.25, 0.3) is 0 Å². The van der Waals surface area contributed by atoms with Crippen LogP contribution in [0.2, 0.25) is 0 Å². The fraction of sp³-hybridized carbons (Fsp3) is 0.481. The largest absolute Gasteiger partial charge is 0.372 e. The van der Waals surface area contributed by atoms with Gasteiger partial charge in [0, 0.05) is 37.6 Å². The van der Waals surface area contributed by atoms with Crippen LogP contribution in [0.1, 0.15) is 63.5 Å². The highest BCUT2D eigenvalue weighted by Gasteiger charge is 2.14. The van der Waals surface area contributed by atoms with Gasteiger partial charge in [0.1, 0.15) is 0 Å². The van der Waals surface area contributed by atoms with E-state index >= 15 is 0 Å². The second-order valence-corrected chi connectivity index (χ2v) is 9.01. The van der Waals surface area contributed by atoms with E-state index in [9.17, 15) is 0 Å². The van der Waals surface area contributed by atoms with Crippen LogP contribution in [0.5, 0.6) is 0 Å². The standard InChI is InChI=1S/C27H36N2/c1-22(2)21-27(23-9-13-25(14-10-23)28-17-5-3-6-18-28)24-11-15-26(16-12-24)29-19-7-4-8-20-29/h9-16,21-22H,3-8,17-20H2,1-2H3. The van der Waals surface area contributed by atoms with Crippen molar-refractivity contribution in [1.29, 1.82) is 0 Å². The summed E-state index contributed by atoms with van der Waals surface area (Å²) in [7, 11) is 0. The maximum Gasteiger partial charge on any atom is 0.0366 e. The number of hydrogen-bond donors (Lipinski definition) is 0. The van der Waals surface area contributed by atoms with Crippen molar-refractivity contribution in [3.63, 3.8) is 0 Å². The molecule has 2 heteroatoms. The van der Waals surface area contributed by atoms with Gasteiger partial charge in [-0.2, -0.15) is 0 Å². The fourth-order valence-corrected chi connectivity index (χ4v) is 4.70. The first-order chi connectivity index (χ1) is 14.2. The number of rotatable bonds is 5. The predicted molar refractivity (Wildman–Crippen MR) is 127 cm³/mol. The van der Waals surface area contributed by atoms with Crippen LogP contribution in [0.15, 0.2) is 54.6 Å². The number of nitrogens with zero attached hydrogens (tertiary/aromatic N) is 2. The highest BCUT2D eigenvalue weighted by atomic mass is 15.1. The molecule has 2 saturated heterocycles. The van der Waals surface area contributed by atoms with E-state index < -0.39 is 0 Å². The molecule has 2 heterocycles. The monoisotopic (exact) mass is 388 g/mol. The van der Waals surface area contributed by atoms with Crippen molar-refractivity contribution in [3.8, 4) is 0 Å². The Balaban J connectivity index is 1.56.